The van der Waals surface area contributed by atoms with Crippen LogP contribution in [0.2, 0.25) is 0 Å². The predicted molar refractivity (Wildman–Crippen MR) is 72.7 cm³/mol. The Morgan fingerprint density at radius 3 is 2.58 bits per heavy atom. The Hall–Kier alpha value is -1.40. The van der Waals surface area contributed by atoms with Crippen molar-refractivity contribution in [2.75, 3.05) is 12.8 Å². The molecule has 3 N–H and O–H groups in total. The molecule has 19 heavy (non-hydrogen) atoms. The van der Waals surface area contributed by atoms with Crippen LogP contribution in [0.5, 0.6) is 0 Å². The molecule has 0 saturated heterocycles. The lowest BCUT2D eigenvalue weighted by Gasteiger charge is -2.41. The molecule has 104 valence electrons. The lowest BCUT2D eigenvalue weighted by molar-refractivity contribution is 0.0837. The molecule has 1 aliphatic rings. The third-order valence-electron chi connectivity index (χ3n) is 3.60. The average molecular weight is 282 g/mol. The third kappa shape index (κ3) is 2.96. The number of rotatable bonds is 4. The van der Waals surface area contributed by atoms with Crippen LogP contribution >= 0.6 is 0 Å². The van der Waals surface area contributed by atoms with E-state index < -0.39 is 9.84 Å². The fraction of sp³-hybridized carbons (Fsp3) is 0.462. The first-order valence-corrected chi connectivity index (χ1v) is 8.08. The number of amides is 1. The van der Waals surface area contributed by atoms with Gasteiger partial charge in [0.25, 0.3) is 5.91 Å². The van der Waals surface area contributed by atoms with Crippen molar-refractivity contribution in [1.82, 2.24) is 5.32 Å². The van der Waals surface area contributed by atoms with Gasteiger partial charge in [0.15, 0.2) is 9.84 Å². The van der Waals surface area contributed by atoms with Crippen LogP contribution in [0.3, 0.4) is 0 Å². The van der Waals surface area contributed by atoms with Crippen molar-refractivity contribution >= 4 is 15.7 Å². The van der Waals surface area contributed by atoms with Crippen molar-refractivity contribution in [2.45, 2.75) is 29.7 Å². The van der Waals surface area contributed by atoms with Crippen molar-refractivity contribution in [2.24, 2.45) is 5.73 Å². The monoisotopic (exact) mass is 282 g/mol. The van der Waals surface area contributed by atoms with Gasteiger partial charge in [0.2, 0.25) is 0 Å². The highest BCUT2D eigenvalue weighted by molar-refractivity contribution is 7.90. The minimum absolute atomic E-state index is 0.149. The Kier molecular flexibility index (Phi) is 3.64. The highest BCUT2D eigenvalue weighted by atomic mass is 32.2. The fourth-order valence-electron chi connectivity index (χ4n) is 2.16. The van der Waals surface area contributed by atoms with Crippen molar-refractivity contribution in [1.29, 1.82) is 0 Å². The molecule has 0 spiro atoms. The first-order chi connectivity index (χ1) is 8.86. The number of carbonyl (C=O) groups is 1. The molecule has 0 bridgehead atoms. The first-order valence-electron chi connectivity index (χ1n) is 6.19. The van der Waals surface area contributed by atoms with Gasteiger partial charge in [-0.05, 0) is 37.5 Å². The number of nitrogens with two attached hydrogens (primary N) is 1. The second-order valence-corrected chi connectivity index (χ2v) is 7.11. The van der Waals surface area contributed by atoms with Gasteiger partial charge >= 0.3 is 0 Å². The van der Waals surface area contributed by atoms with Gasteiger partial charge in [0.1, 0.15) is 0 Å². The topological polar surface area (TPSA) is 89.3 Å². The molecule has 2 rings (SSSR count). The van der Waals surface area contributed by atoms with E-state index in [2.05, 4.69) is 5.32 Å². The number of hydrogen-bond acceptors (Lipinski definition) is 4. The van der Waals surface area contributed by atoms with Crippen LogP contribution in [0, 0.1) is 0 Å². The van der Waals surface area contributed by atoms with Crippen molar-refractivity contribution in [3.8, 4) is 0 Å². The summed E-state index contributed by atoms with van der Waals surface area (Å²) in [6, 6.07) is 6.05. The predicted octanol–water partition coefficient (Wildman–Crippen LogP) is 0.701. The minimum atomic E-state index is -3.30. The number of benzene rings is 1. The molecule has 0 aromatic heterocycles. The zero-order valence-corrected chi connectivity index (χ0v) is 11.7. The molecular formula is C13H18N2O3S. The second kappa shape index (κ2) is 4.94. The van der Waals surface area contributed by atoms with Gasteiger partial charge in [-0.25, -0.2) is 8.42 Å². The van der Waals surface area contributed by atoms with E-state index in [0.29, 0.717) is 12.1 Å². The van der Waals surface area contributed by atoms with Crippen LogP contribution in [-0.4, -0.2) is 32.7 Å². The SMILES string of the molecule is CS(=O)(=O)c1cccc(C(=O)NC2(CN)CCC2)c1. The molecule has 1 aliphatic carbocycles. The molecule has 0 unspecified atom stereocenters. The van der Waals surface area contributed by atoms with Crippen molar-refractivity contribution < 1.29 is 13.2 Å². The van der Waals surface area contributed by atoms with E-state index >= 15 is 0 Å². The van der Waals surface area contributed by atoms with Crippen LogP contribution in [0.15, 0.2) is 29.2 Å². The van der Waals surface area contributed by atoms with Gasteiger partial charge in [0, 0.05) is 18.4 Å². The largest absolute Gasteiger partial charge is 0.345 e. The van der Waals surface area contributed by atoms with Gasteiger partial charge in [-0.1, -0.05) is 6.07 Å². The van der Waals surface area contributed by atoms with E-state index in [1.165, 1.54) is 12.1 Å². The van der Waals surface area contributed by atoms with E-state index in [-0.39, 0.29) is 16.3 Å². The Labute approximate surface area is 113 Å². The first kappa shape index (κ1) is 14.0. The van der Waals surface area contributed by atoms with Gasteiger partial charge < -0.3 is 11.1 Å². The molecule has 5 nitrogen and oxygen atoms in total. The summed E-state index contributed by atoms with van der Waals surface area (Å²) in [6.45, 7) is 0.407. The van der Waals surface area contributed by atoms with E-state index in [9.17, 15) is 13.2 Å². The zero-order chi connectivity index (χ0) is 14.1. The van der Waals surface area contributed by atoms with Crippen LogP contribution in [-0.2, 0) is 9.84 Å². The molecular weight excluding hydrogens is 264 g/mol. The van der Waals surface area contributed by atoms with Crippen molar-refractivity contribution in [3.05, 3.63) is 29.8 Å². The maximum absolute atomic E-state index is 12.1. The average Bonchev–Trinajstić information content (AvgIpc) is 2.32. The number of carbonyl (C=O) groups excluding carboxylic acids is 1. The van der Waals surface area contributed by atoms with Crippen LogP contribution in [0.1, 0.15) is 29.6 Å². The molecule has 1 aromatic rings. The molecule has 0 aliphatic heterocycles. The summed E-state index contributed by atoms with van der Waals surface area (Å²) in [4.78, 5) is 12.3. The maximum Gasteiger partial charge on any atom is 0.251 e. The summed E-state index contributed by atoms with van der Waals surface area (Å²) in [5.41, 5.74) is 5.73. The molecule has 1 aromatic carbocycles. The summed E-state index contributed by atoms with van der Waals surface area (Å²) >= 11 is 0. The standard InChI is InChI=1S/C13H18N2O3S/c1-19(17,18)11-5-2-4-10(8-11)12(16)15-13(9-14)6-3-7-13/h2,4-5,8H,3,6-7,9,14H2,1H3,(H,15,16). The summed E-state index contributed by atoms with van der Waals surface area (Å²) in [5, 5.41) is 2.92. The smallest absolute Gasteiger partial charge is 0.251 e. The quantitative estimate of drug-likeness (QED) is 0.850. The normalized spacial score (nSPS) is 17.6. The molecule has 0 heterocycles. The lowest BCUT2D eigenvalue weighted by atomic mass is 9.76. The van der Waals surface area contributed by atoms with Gasteiger partial charge in [-0.2, -0.15) is 0 Å². The zero-order valence-electron chi connectivity index (χ0n) is 10.8. The summed E-state index contributed by atoms with van der Waals surface area (Å²) in [5.74, 6) is -0.268. The summed E-state index contributed by atoms with van der Waals surface area (Å²) in [7, 11) is -3.30. The molecule has 1 saturated carbocycles. The van der Waals surface area contributed by atoms with Crippen LogP contribution in [0.25, 0.3) is 0 Å². The number of nitrogens with one attached hydrogen (secondary N) is 1. The van der Waals surface area contributed by atoms with E-state index in [4.69, 9.17) is 5.73 Å². The Balaban J connectivity index is 2.20. The van der Waals surface area contributed by atoms with Gasteiger partial charge in [-0.15, -0.1) is 0 Å². The Morgan fingerprint density at radius 2 is 2.11 bits per heavy atom. The van der Waals surface area contributed by atoms with E-state index in [1.54, 1.807) is 12.1 Å². The molecule has 6 heteroatoms. The maximum atomic E-state index is 12.1. The van der Waals surface area contributed by atoms with Crippen LogP contribution < -0.4 is 11.1 Å². The Bertz CT molecular complexity index is 586. The summed E-state index contributed by atoms with van der Waals surface area (Å²) < 4.78 is 22.9. The van der Waals surface area contributed by atoms with Gasteiger partial charge in [0.05, 0.1) is 10.4 Å². The van der Waals surface area contributed by atoms with Crippen molar-refractivity contribution in [3.63, 3.8) is 0 Å². The van der Waals surface area contributed by atoms with E-state index in [0.717, 1.165) is 25.5 Å². The van der Waals surface area contributed by atoms with Crippen LogP contribution in [0.4, 0.5) is 0 Å². The van der Waals surface area contributed by atoms with E-state index in [1.807, 2.05) is 0 Å². The molecule has 1 fully saturated rings. The highest BCUT2D eigenvalue weighted by Crippen LogP contribution is 2.31. The molecule has 0 atom stereocenters. The summed E-state index contributed by atoms with van der Waals surface area (Å²) in [6.07, 6.45) is 3.93. The highest BCUT2D eigenvalue weighted by Gasteiger charge is 2.37. The number of hydrogen-bond donors (Lipinski definition) is 2. The second-order valence-electron chi connectivity index (χ2n) is 5.09. The molecule has 1 amide bonds. The number of sulfone groups is 1. The fourth-order valence-corrected chi connectivity index (χ4v) is 2.83. The lowest BCUT2D eigenvalue weighted by Crippen LogP contribution is -2.58. The van der Waals surface area contributed by atoms with Gasteiger partial charge in [-0.3, -0.25) is 4.79 Å². The third-order valence-corrected chi connectivity index (χ3v) is 4.71. The Morgan fingerprint density at radius 1 is 1.42 bits per heavy atom. The minimum Gasteiger partial charge on any atom is -0.345 e. The molecule has 0 radical (unpaired) electrons.